The Morgan fingerprint density at radius 1 is 1.18 bits per heavy atom. The lowest BCUT2D eigenvalue weighted by Crippen LogP contribution is -2.31. The highest BCUT2D eigenvalue weighted by atomic mass is 16.5. The number of hydrogen-bond donors (Lipinski definition) is 2. The molecule has 0 amide bonds. The number of hydrogen-bond acceptors (Lipinski definition) is 3. The van der Waals surface area contributed by atoms with Crippen molar-refractivity contribution >= 4 is 5.84 Å². The molecule has 0 aliphatic carbocycles. The van der Waals surface area contributed by atoms with Crippen molar-refractivity contribution in [2.75, 3.05) is 26.4 Å². The van der Waals surface area contributed by atoms with Gasteiger partial charge in [-0.25, -0.2) is 0 Å². The lowest BCUT2D eigenvalue weighted by atomic mass is 9.87. The van der Waals surface area contributed by atoms with Gasteiger partial charge < -0.3 is 15.2 Å². The van der Waals surface area contributed by atoms with Crippen LogP contribution >= 0.6 is 0 Å². The van der Waals surface area contributed by atoms with Gasteiger partial charge in [0.2, 0.25) is 0 Å². The van der Waals surface area contributed by atoms with Crippen LogP contribution in [0.4, 0.5) is 0 Å². The Morgan fingerprint density at radius 3 is 2.29 bits per heavy atom. The maximum atomic E-state index is 7.43. The molecule has 0 unspecified atom stereocenters. The number of nitrogens with two attached hydrogens (primary N) is 1. The van der Waals surface area contributed by atoms with Crippen molar-refractivity contribution in [3.8, 4) is 0 Å². The van der Waals surface area contributed by atoms with Gasteiger partial charge in [0.1, 0.15) is 0 Å². The van der Waals surface area contributed by atoms with Gasteiger partial charge in [-0.2, -0.15) is 0 Å². The molecule has 102 valence electrons. The van der Waals surface area contributed by atoms with Crippen LogP contribution < -0.4 is 5.73 Å². The molecule has 4 nitrogen and oxygen atoms in total. The molecule has 0 bridgehead atoms. The Morgan fingerprint density at radius 2 is 1.76 bits per heavy atom. The normalized spacial score (nSPS) is 12.1. The second-order valence-electron chi connectivity index (χ2n) is 5.48. The monoisotopic (exact) mass is 244 g/mol. The molecule has 0 atom stereocenters. The van der Waals surface area contributed by atoms with Gasteiger partial charge in [-0.3, -0.25) is 5.41 Å². The summed E-state index contributed by atoms with van der Waals surface area (Å²) in [5.74, 6) is 0.823. The summed E-state index contributed by atoms with van der Waals surface area (Å²) >= 11 is 0. The summed E-state index contributed by atoms with van der Waals surface area (Å²) in [6.07, 6.45) is 1.81. The van der Waals surface area contributed by atoms with Crippen LogP contribution in [0, 0.1) is 16.7 Å². The van der Waals surface area contributed by atoms with Gasteiger partial charge in [-0.1, -0.05) is 27.7 Å². The van der Waals surface area contributed by atoms with Crippen molar-refractivity contribution in [3.05, 3.63) is 0 Å². The van der Waals surface area contributed by atoms with Gasteiger partial charge in [-0.15, -0.1) is 0 Å². The van der Waals surface area contributed by atoms with Gasteiger partial charge in [0.15, 0.2) is 0 Å². The fourth-order valence-electron chi connectivity index (χ4n) is 1.29. The Labute approximate surface area is 105 Å². The molecule has 0 aliphatic rings. The molecule has 3 N–H and O–H groups in total. The van der Waals surface area contributed by atoms with Crippen molar-refractivity contribution in [2.45, 2.75) is 40.5 Å². The standard InChI is InChI=1S/C13H28N2O2/c1-11(2)10-17-9-8-16-7-5-6-13(3,4)12(14)15/h11H,5-10H2,1-4H3,(H3,14,15). The molecule has 0 aliphatic heterocycles. The molecule has 0 aromatic heterocycles. The van der Waals surface area contributed by atoms with Crippen molar-refractivity contribution in [3.63, 3.8) is 0 Å². The fourth-order valence-corrected chi connectivity index (χ4v) is 1.29. The van der Waals surface area contributed by atoms with Gasteiger partial charge in [-0.05, 0) is 18.8 Å². The maximum absolute atomic E-state index is 7.43. The SMILES string of the molecule is CC(C)COCCOCCCC(C)(C)C(=N)N. The average Bonchev–Trinajstić information content (AvgIpc) is 2.21. The topological polar surface area (TPSA) is 68.3 Å². The second-order valence-corrected chi connectivity index (χ2v) is 5.48. The number of ether oxygens (including phenoxy) is 2. The number of nitrogens with one attached hydrogen (secondary N) is 1. The zero-order chi connectivity index (χ0) is 13.3. The van der Waals surface area contributed by atoms with Gasteiger partial charge >= 0.3 is 0 Å². The lowest BCUT2D eigenvalue weighted by Gasteiger charge is -2.22. The van der Waals surface area contributed by atoms with E-state index < -0.39 is 0 Å². The predicted molar refractivity (Wildman–Crippen MR) is 71.4 cm³/mol. The summed E-state index contributed by atoms with van der Waals surface area (Å²) in [4.78, 5) is 0. The summed E-state index contributed by atoms with van der Waals surface area (Å²) in [5, 5.41) is 7.43. The van der Waals surface area contributed by atoms with Crippen LogP contribution in [-0.4, -0.2) is 32.3 Å². The molecule has 0 saturated heterocycles. The molecular weight excluding hydrogens is 216 g/mol. The smallest absolute Gasteiger partial charge is 0.0963 e. The molecule has 0 aromatic carbocycles. The molecule has 17 heavy (non-hydrogen) atoms. The first kappa shape index (κ1) is 16.4. The quantitative estimate of drug-likeness (QED) is 0.352. The predicted octanol–water partition coefficient (Wildman–Crippen LogP) is 2.42. The Kier molecular flexibility index (Phi) is 8.17. The van der Waals surface area contributed by atoms with E-state index in [0.29, 0.717) is 25.7 Å². The largest absolute Gasteiger partial charge is 0.387 e. The molecule has 0 aromatic rings. The molecule has 0 rings (SSSR count). The highest BCUT2D eigenvalue weighted by Crippen LogP contribution is 2.21. The first-order valence-electron chi connectivity index (χ1n) is 6.36. The van der Waals surface area contributed by atoms with Crippen LogP contribution in [0.2, 0.25) is 0 Å². The highest BCUT2D eigenvalue weighted by molar-refractivity contribution is 5.82. The molecule has 0 fully saturated rings. The average molecular weight is 244 g/mol. The molecule has 0 spiro atoms. The summed E-state index contributed by atoms with van der Waals surface area (Å²) in [5.41, 5.74) is 5.29. The molecule has 4 heteroatoms. The van der Waals surface area contributed by atoms with Crippen LogP contribution in [0.25, 0.3) is 0 Å². The van der Waals surface area contributed by atoms with E-state index in [-0.39, 0.29) is 11.3 Å². The second kappa shape index (κ2) is 8.48. The van der Waals surface area contributed by atoms with Crippen molar-refractivity contribution in [1.29, 1.82) is 5.41 Å². The minimum Gasteiger partial charge on any atom is -0.387 e. The maximum Gasteiger partial charge on any atom is 0.0963 e. The number of amidine groups is 1. The third-order valence-corrected chi connectivity index (χ3v) is 2.64. The molecule has 0 radical (unpaired) electrons. The van der Waals surface area contributed by atoms with E-state index in [1.165, 1.54) is 0 Å². The Hall–Kier alpha value is -0.610. The van der Waals surface area contributed by atoms with Gasteiger partial charge in [0.05, 0.1) is 19.0 Å². The van der Waals surface area contributed by atoms with E-state index in [4.69, 9.17) is 20.6 Å². The summed E-state index contributed by atoms with van der Waals surface area (Å²) in [7, 11) is 0. The van der Waals surface area contributed by atoms with E-state index in [1.54, 1.807) is 0 Å². The summed E-state index contributed by atoms with van der Waals surface area (Å²) < 4.78 is 10.9. The molecule has 0 heterocycles. The minimum atomic E-state index is -0.211. The van der Waals surface area contributed by atoms with Crippen LogP contribution in [-0.2, 0) is 9.47 Å². The van der Waals surface area contributed by atoms with Gasteiger partial charge in [0.25, 0.3) is 0 Å². The molecular formula is C13H28N2O2. The van der Waals surface area contributed by atoms with Crippen LogP contribution in [0.5, 0.6) is 0 Å². The van der Waals surface area contributed by atoms with Crippen molar-refractivity contribution < 1.29 is 9.47 Å². The summed E-state index contributed by atoms with van der Waals surface area (Å²) in [6, 6.07) is 0. The van der Waals surface area contributed by atoms with Crippen molar-refractivity contribution in [2.24, 2.45) is 17.1 Å². The minimum absolute atomic E-state index is 0.211. The van der Waals surface area contributed by atoms with Crippen LogP contribution in [0.15, 0.2) is 0 Å². The van der Waals surface area contributed by atoms with E-state index in [9.17, 15) is 0 Å². The van der Waals surface area contributed by atoms with E-state index >= 15 is 0 Å². The van der Waals surface area contributed by atoms with E-state index in [0.717, 1.165) is 19.4 Å². The summed E-state index contributed by atoms with van der Waals surface area (Å²) in [6.45, 7) is 11.0. The Bertz CT molecular complexity index is 215. The Balaban J connectivity index is 3.33. The van der Waals surface area contributed by atoms with Crippen molar-refractivity contribution in [1.82, 2.24) is 0 Å². The van der Waals surface area contributed by atoms with E-state index in [1.807, 2.05) is 13.8 Å². The fraction of sp³-hybridized carbons (Fsp3) is 0.923. The zero-order valence-corrected chi connectivity index (χ0v) is 11.7. The van der Waals surface area contributed by atoms with E-state index in [2.05, 4.69) is 13.8 Å². The third-order valence-electron chi connectivity index (χ3n) is 2.64. The number of rotatable bonds is 10. The van der Waals surface area contributed by atoms with Crippen LogP contribution in [0.1, 0.15) is 40.5 Å². The first-order valence-corrected chi connectivity index (χ1v) is 6.36. The van der Waals surface area contributed by atoms with Gasteiger partial charge in [0, 0.05) is 18.6 Å². The highest BCUT2D eigenvalue weighted by Gasteiger charge is 2.20. The third kappa shape index (κ3) is 9.12. The lowest BCUT2D eigenvalue weighted by molar-refractivity contribution is 0.0355. The zero-order valence-electron chi connectivity index (χ0n) is 11.7. The molecule has 0 saturated carbocycles. The first-order chi connectivity index (χ1) is 7.86. The van der Waals surface area contributed by atoms with Crippen LogP contribution in [0.3, 0.4) is 0 Å².